The molecule has 0 saturated heterocycles. The van der Waals surface area contributed by atoms with Crippen LogP contribution in [0.2, 0.25) is 0 Å². The Morgan fingerprint density at radius 1 is 1.07 bits per heavy atom. The molecule has 146 valence electrons. The van der Waals surface area contributed by atoms with E-state index >= 15 is 0 Å². The molecule has 0 atom stereocenters. The first-order valence-corrected chi connectivity index (χ1v) is 10.3. The summed E-state index contributed by atoms with van der Waals surface area (Å²) in [5.74, 6) is 6.72. The van der Waals surface area contributed by atoms with Gasteiger partial charge in [-0.15, -0.1) is 11.3 Å². The van der Waals surface area contributed by atoms with Gasteiger partial charge in [-0.25, -0.2) is 9.97 Å². The number of nitrogens with one attached hydrogen (secondary N) is 1. The van der Waals surface area contributed by atoms with Crippen molar-refractivity contribution in [2.45, 2.75) is 6.54 Å². The van der Waals surface area contributed by atoms with E-state index in [1.807, 2.05) is 41.2 Å². The van der Waals surface area contributed by atoms with Crippen molar-refractivity contribution in [1.82, 2.24) is 19.7 Å². The fraction of sp³-hybridized carbons (Fsp3) is 0.0870. The Labute approximate surface area is 177 Å². The second-order valence-electron chi connectivity index (χ2n) is 6.74. The van der Waals surface area contributed by atoms with E-state index in [0.717, 1.165) is 44.0 Å². The number of hydrogen-bond acceptors (Lipinski definition) is 6. The third kappa shape index (κ3) is 3.62. The third-order valence-electron chi connectivity index (χ3n) is 4.70. The summed E-state index contributed by atoms with van der Waals surface area (Å²) in [5.41, 5.74) is 9.61. The van der Waals surface area contributed by atoms with Gasteiger partial charge in [0.05, 0.1) is 39.9 Å². The molecule has 0 bridgehead atoms. The average Bonchev–Trinajstić information content (AvgIpc) is 3.37. The maximum atomic E-state index is 5.48. The molecule has 0 radical (unpaired) electrons. The monoisotopic (exact) mass is 410 g/mol. The molecule has 0 fully saturated rings. The summed E-state index contributed by atoms with van der Waals surface area (Å²) in [6.07, 6.45) is 3.46. The van der Waals surface area contributed by atoms with Gasteiger partial charge in [-0.2, -0.15) is 5.10 Å². The van der Waals surface area contributed by atoms with Crippen LogP contribution in [-0.4, -0.2) is 26.3 Å². The van der Waals surface area contributed by atoms with Crippen LogP contribution in [0.1, 0.15) is 10.4 Å². The van der Waals surface area contributed by atoms with Crippen LogP contribution >= 0.6 is 11.3 Å². The Balaban J connectivity index is 1.44. The number of hydrogen-bond donors (Lipinski definition) is 2. The van der Waals surface area contributed by atoms with Crippen LogP contribution in [0.3, 0.4) is 0 Å². The molecule has 0 aliphatic heterocycles. The van der Waals surface area contributed by atoms with Gasteiger partial charge in [0, 0.05) is 11.1 Å². The van der Waals surface area contributed by atoms with E-state index in [1.54, 1.807) is 17.7 Å². The Morgan fingerprint density at radius 3 is 2.83 bits per heavy atom. The first-order valence-electron chi connectivity index (χ1n) is 9.50. The summed E-state index contributed by atoms with van der Waals surface area (Å²) in [5, 5.41) is 9.05. The van der Waals surface area contributed by atoms with E-state index in [-0.39, 0.29) is 0 Å². The van der Waals surface area contributed by atoms with Crippen LogP contribution in [0.15, 0.2) is 67.1 Å². The highest BCUT2D eigenvalue weighted by Gasteiger charge is 2.10. The lowest BCUT2D eigenvalue weighted by molar-refractivity contribution is 0.712. The molecule has 0 unspecified atom stereocenters. The minimum Gasteiger partial charge on any atom is -0.339 e. The Kier molecular flexibility index (Phi) is 4.85. The van der Waals surface area contributed by atoms with Crippen LogP contribution in [0.5, 0.6) is 0 Å². The fourth-order valence-electron chi connectivity index (χ4n) is 3.33. The summed E-state index contributed by atoms with van der Waals surface area (Å²) in [7, 11) is 0. The summed E-state index contributed by atoms with van der Waals surface area (Å²) >= 11 is 1.56. The van der Waals surface area contributed by atoms with Gasteiger partial charge < -0.3 is 11.1 Å². The SMILES string of the molecule is NCC#Cc1cc2ncnc(Nc3ccc4c(cnn4Cc4ccccc4)c3)c2s1. The standard InChI is InChI=1S/C23H18N6S/c24-10-4-7-19-12-20-22(30-19)23(26-15-25-20)28-18-8-9-21-17(11-18)13-27-29(21)14-16-5-2-1-3-6-16/h1-3,5-6,8-9,11-13,15H,10,14,24H2,(H,25,26,28). The minimum absolute atomic E-state index is 0.336. The number of benzene rings is 2. The van der Waals surface area contributed by atoms with E-state index in [2.05, 4.69) is 56.5 Å². The van der Waals surface area contributed by atoms with E-state index < -0.39 is 0 Å². The smallest absolute Gasteiger partial charge is 0.151 e. The zero-order chi connectivity index (χ0) is 20.3. The van der Waals surface area contributed by atoms with Crippen LogP contribution in [-0.2, 0) is 6.54 Å². The lowest BCUT2D eigenvalue weighted by Gasteiger charge is -2.07. The maximum absolute atomic E-state index is 5.48. The molecule has 0 spiro atoms. The second kappa shape index (κ2) is 7.95. The summed E-state index contributed by atoms with van der Waals surface area (Å²) in [6.45, 7) is 1.08. The average molecular weight is 411 g/mol. The Morgan fingerprint density at radius 2 is 1.97 bits per heavy atom. The van der Waals surface area contributed by atoms with Gasteiger partial charge in [-0.1, -0.05) is 42.2 Å². The molecule has 0 aliphatic rings. The number of nitrogens with two attached hydrogens (primary N) is 1. The van der Waals surface area contributed by atoms with Gasteiger partial charge in [0.15, 0.2) is 5.82 Å². The topological polar surface area (TPSA) is 81.7 Å². The Bertz CT molecular complexity index is 1390. The molecule has 5 rings (SSSR count). The molecule has 3 N–H and O–H groups in total. The number of thiophene rings is 1. The van der Waals surface area contributed by atoms with E-state index in [9.17, 15) is 0 Å². The zero-order valence-corrected chi connectivity index (χ0v) is 16.9. The molecular weight excluding hydrogens is 392 g/mol. The predicted molar refractivity (Wildman–Crippen MR) is 122 cm³/mol. The van der Waals surface area contributed by atoms with Crippen molar-refractivity contribution >= 4 is 44.0 Å². The largest absolute Gasteiger partial charge is 0.339 e. The molecule has 3 heterocycles. The zero-order valence-electron chi connectivity index (χ0n) is 16.0. The lowest BCUT2D eigenvalue weighted by atomic mass is 10.2. The first kappa shape index (κ1) is 18.3. The van der Waals surface area contributed by atoms with E-state index in [1.165, 1.54) is 5.56 Å². The van der Waals surface area contributed by atoms with Crippen molar-refractivity contribution in [1.29, 1.82) is 0 Å². The van der Waals surface area contributed by atoms with Gasteiger partial charge in [0.1, 0.15) is 6.33 Å². The molecule has 2 aromatic carbocycles. The van der Waals surface area contributed by atoms with Crippen molar-refractivity contribution in [2.24, 2.45) is 5.73 Å². The predicted octanol–water partition coefficient (Wildman–Crippen LogP) is 4.14. The molecule has 5 aromatic rings. The lowest BCUT2D eigenvalue weighted by Crippen LogP contribution is -2.01. The molecular formula is C23H18N6S. The summed E-state index contributed by atoms with van der Waals surface area (Å²) in [4.78, 5) is 9.71. The summed E-state index contributed by atoms with van der Waals surface area (Å²) in [6, 6.07) is 18.5. The number of aromatic nitrogens is 4. The molecule has 3 aromatic heterocycles. The van der Waals surface area contributed by atoms with Crippen molar-refractivity contribution < 1.29 is 0 Å². The van der Waals surface area contributed by atoms with Gasteiger partial charge >= 0.3 is 0 Å². The van der Waals surface area contributed by atoms with Gasteiger partial charge in [0.2, 0.25) is 0 Å². The highest BCUT2D eigenvalue weighted by molar-refractivity contribution is 7.20. The van der Waals surface area contributed by atoms with E-state index in [4.69, 9.17) is 5.73 Å². The van der Waals surface area contributed by atoms with Crippen molar-refractivity contribution in [3.8, 4) is 11.8 Å². The number of rotatable bonds is 4. The quantitative estimate of drug-likeness (QED) is 0.435. The molecule has 0 saturated carbocycles. The highest BCUT2D eigenvalue weighted by atomic mass is 32.1. The number of nitrogens with zero attached hydrogens (tertiary/aromatic N) is 4. The maximum Gasteiger partial charge on any atom is 0.151 e. The normalized spacial score (nSPS) is 10.8. The molecule has 6 nitrogen and oxygen atoms in total. The molecule has 30 heavy (non-hydrogen) atoms. The third-order valence-corrected chi connectivity index (χ3v) is 5.75. The molecule has 0 aliphatic carbocycles. The van der Waals surface area contributed by atoms with Crippen molar-refractivity contribution in [3.05, 3.63) is 77.6 Å². The Hall–Kier alpha value is -3.73. The molecule has 0 amide bonds. The molecule has 7 heteroatoms. The van der Waals surface area contributed by atoms with Crippen molar-refractivity contribution in [2.75, 3.05) is 11.9 Å². The minimum atomic E-state index is 0.336. The van der Waals surface area contributed by atoms with Crippen LogP contribution in [0.4, 0.5) is 11.5 Å². The van der Waals surface area contributed by atoms with Gasteiger partial charge in [-0.05, 0) is 29.8 Å². The van der Waals surface area contributed by atoms with Crippen molar-refractivity contribution in [3.63, 3.8) is 0 Å². The first-order chi connectivity index (χ1) is 14.8. The summed E-state index contributed by atoms with van der Waals surface area (Å²) < 4.78 is 2.98. The van der Waals surface area contributed by atoms with Gasteiger partial charge in [-0.3, -0.25) is 4.68 Å². The van der Waals surface area contributed by atoms with Crippen LogP contribution < -0.4 is 11.1 Å². The van der Waals surface area contributed by atoms with E-state index in [0.29, 0.717) is 6.54 Å². The van der Waals surface area contributed by atoms with Crippen LogP contribution in [0, 0.1) is 11.8 Å². The van der Waals surface area contributed by atoms with Gasteiger partial charge in [0.25, 0.3) is 0 Å². The fourth-order valence-corrected chi connectivity index (χ4v) is 4.26. The van der Waals surface area contributed by atoms with Crippen LogP contribution in [0.25, 0.3) is 21.1 Å². The number of anilines is 2. The highest BCUT2D eigenvalue weighted by Crippen LogP contribution is 2.31. The second-order valence-corrected chi connectivity index (χ2v) is 7.79. The number of fused-ring (bicyclic) bond motifs is 2.